The number of nitrogens with two attached hydrogens (primary N) is 2. The Balaban J connectivity index is 2.54. The van der Waals surface area contributed by atoms with Gasteiger partial charge in [0, 0.05) is 18.0 Å². The van der Waals surface area contributed by atoms with E-state index in [9.17, 15) is 14.7 Å². The maximum absolute atomic E-state index is 11.3. The molecule has 0 saturated heterocycles. The molecule has 18 heavy (non-hydrogen) atoms. The smallest absolute Gasteiger partial charge is 0.323 e. The van der Waals surface area contributed by atoms with Crippen LogP contribution in [0.2, 0.25) is 0 Å². The molecule has 2 rings (SSSR count). The largest absolute Gasteiger partial charge is 0.508 e. The molecule has 5 N–H and O–H groups in total. The monoisotopic (exact) mass is 247 g/mol. The summed E-state index contributed by atoms with van der Waals surface area (Å²) in [6.07, 6.45) is 2.14. The zero-order valence-corrected chi connectivity index (χ0v) is 9.59. The summed E-state index contributed by atoms with van der Waals surface area (Å²) in [7, 11) is 0. The number of carbonyl (C=O) groups excluding carboxylic acids is 2. The lowest BCUT2D eigenvalue weighted by Crippen LogP contribution is -2.18. The Morgan fingerprint density at radius 3 is 2.61 bits per heavy atom. The highest BCUT2D eigenvalue weighted by Crippen LogP contribution is 2.26. The lowest BCUT2D eigenvalue weighted by Gasteiger charge is -1.98. The number of phenols is 1. The van der Waals surface area contributed by atoms with Crippen LogP contribution in [0.1, 0.15) is 12.0 Å². The predicted molar refractivity (Wildman–Crippen MR) is 66.1 cm³/mol. The molecule has 0 aliphatic carbocycles. The molecule has 1 aromatic carbocycles. The molecule has 94 valence electrons. The molecular formula is C12H13N3O3. The maximum Gasteiger partial charge on any atom is 0.323 e. The van der Waals surface area contributed by atoms with Gasteiger partial charge in [0.2, 0.25) is 5.91 Å². The summed E-state index contributed by atoms with van der Waals surface area (Å²) in [5.41, 5.74) is 11.7. The van der Waals surface area contributed by atoms with E-state index in [0.717, 1.165) is 5.56 Å². The molecule has 0 bridgehead atoms. The summed E-state index contributed by atoms with van der Waals surface area (Å²) in [5.74, 6) is -0.333. The quantitative estimate of drug-likeness (QED) is 0.741. The molecule has 0 aliphatic rings. The third-order valence-electron chi connectivity index (χ3n) is 2.75. The van der Waals surface area contributed by atoms with Crippen LogP contribution in [0, 0.1) is 0 Å². The minimum absolute atomic E-state index is 0.0880. The number of nitrogens with zero attached hydrogens (tertiary/aromatic N) is 1. The molecule has 0 unspecified atom stereocenters. The number of aryl methyl sites for hydroxylation is 1. The van der Waals surface area contributed by atoms with Crippen LogP contribution in [0.15, 0.2) is 24.4 Å². The number of carbonyl (C=O) groups is 2. The Kier molecular flexibility index (Phi) is 2.93. The van der Waals surface area contributed by atoms with E-state index in [4.69, 9.17) is 11.5 Å². The number of benzene rings is 1. The first-order valence-electron chi connectivity index (χ1n) is 5.40. The summed E-state index contributed by atoms with van der Waals surface area (Å²) in [6, 6.07) is 3.99. The van der Waals surface area contributed by atoms with Gasteiger partial charge in [0.05, 0.1) is 5.52 Å². The van der Waals surface area contributed by atoms with Crippen LogP contribution in [-0.2, 0) is 11.2 Å². The van der Waals surface area contributed by atoms with Crippen molar-refractivity contribution < 1.29 is 14.7 Å². The van der Waals surface area contributed by atoms with Gasteiger partial charge >= 0.3 is 6.03 Å². The average molecular weight is 247 g/mol. The van der Waals surface area contributed by atoms with Gasteiger partial charge in [-0.25, -0.2) is 4.79 Å². The zero-order chi connectivity index (χ0) is 13.3. The average Bonchev–Trinajstić information content (AvgIpc) is 2.64. The Morgan fingerprint density at radius 1 is 1.28 bits per heavy atom. The second-order valence-electron chi connectivity index (χ2n) is 4.03. The van der Waals surface area contributed by atoms with Crippen molar-refractivity contribution in [1.29, 1.82) is 0 Å². The molecule has 1 aromatic heterocycles. The van der Waals surface area contributed by atoms with Gasteiger partial charge in [0.15, 0.2) is 0 Å². The Hall–Kier alpha value is -2.50. The van der Waals surface area contributed by atoms with E-state index in [1.165, 1.54) is 16.7 Å². The van der Waals surface area contributed by atoms with Crippen molar-refractivity contribution in [3.05, 3.63) is 30.0 Å². The maximum atomic E-state index is 11.3. The van der Waals surface area contributed by atoms with Crippen LogP contribution < -0.4 is 11.5 Å². The first-order chi connectivity index (χ1) is 8.49. The first-order valence-corrected chi connectivity index (χ1v) is 5.40. The van der Waals surface area contributed by atoms with Gasteiger partial charge in [-0.2, -0.15) is 0 Å². The van der Waals surface area contributed by atoms with Crippen molar-refractivity contribution in [3.63, 3.8) is 0 Å². The van der Waals surface area contributed by atoms with Crippen LogP contribution >= 0.6 is 0 Å². The summed E-state index contributed by atoms with van der Waals surface area (Å²) in [5, 5.41) is 10.2. The molecule has 0 aliphatic heterocycles. The van der Waals surface area contributed by atoms with E-state index >= 15 is 0 Å². The minimum atomic E-state index is -0.615. The Labute approximate surface area is 103 Å². The van der Waals surface area contributed by atoms with Crippen LogP contribution in [0.5, 0.6) is 5.75 Å². The number of aromatic hydroxyl groups is 1. The number of hydrogen-bond donors (Lipinski definition) is 3. The molecule has 0 saturated carbocycles. The Morgan fingerprint density at radius 2 is 2.00 bits per heavy atom. The fourth-order valence-corrected chi connectivity index (χ4v) is 1.93. The second kappa shape index (κ2) is 4.40. The van der Waals surface area contributed by atoms with Gasteiger partial charge in [0.25, 0.3) is 0 Å². The molecular weight excluding hydrogens is 234 g/mol. The van der Waals surface area contributed by atoms with E-state index in [1.54, 1.807) is 12.3 Å². The lowest BCUT2D eigenvalue weighted by atomic mass is 10.1. The normalized spacial score (nSPS) is 10.7. The lowest BCUT2D eigenvalue weighted by molar-refractivity contribution is -0.117. The van der Waals surface area contributed by atoms with Gasteiger partial charge in [-0.1, -0.05) is 0 Å². The van der Waals surface area contributed by atoms with E-state index in [2.05, 4.69) is 0 Å². The van der Waals surface area contributed by atoms with E-state index in [1.807, 2.05) is 0 Å². The molecule has 6 nitrogen and oxygen atoms in total. The zero-order valence-electron chi connectivity index (χ0n) is 9.59. The standard InChI is InChI=1S/C12H13N3O3/c13-11(17)4-1-7-6-15(12(14)18)10-3-2-8(16)5-9(7)10/h2-3,5-6,16H,1,4H2,(H2,13,17)(H2,14,18). The molecule has 0 fully saturated rings. The number of fused-ring (bicyclic) bond motifs is 1. The second-order valence-corrected chi connectivity index (χ2v) is 4.03. The number of phenolic OH excluding ortho intramolecular Hbond substituents is 1. The molecule has 0 spiro atoms. The van der Waals surface area contributed by atoms with Crippen molar-refractivity contribution in [2.75, 3.05) is 0 Å². The third-order valence-corrected chi connectivity index (χ3v) is 2.75. The van der Waals surface area contributed by atoms with E-state index < -0.39 is 11.9 Å². The molecule has 6 heteroatoms. The van der Waals surface area contributed by atoms with E-state index in [-0.39, 0.29) is 12.2 Å². The van der Waals surface area contributed by atoms with Crippen molar-refractivity contribution in [2.24, 2.45) is 11.5 Å². The summed E-state index contributed by atoms with van der Waals surface area (Å²) in [6.45, 7) is 0. The summed E-state index contributed by atoms with van der Waals surface area (Å²) in [4.78, 5) is 22.1. The summed E-state index contributed by atoms with van der Waals surface area (Å²) >= 11 is 0. The van der Waals surface area contributed by atoms with Gasteiger partial charge in [0.1, 0.15) is 5.75 Å². The number of aromatic nitrogens is 1. The minimum Gasteiger partial charge on any atom is -0.508 e. The third kappa shape index (κ3) is 2.13. The highest BCUT2D eigenvalue weighted by Gasteiger charge is 2.12. The Bertz CT molecular complexity index is 631. The molecule has 1 heterocycles. The van der Waals surface area contributed by atoms with Crippen molar-refractivity contribution in [2.45, 2.75) is 12.8 Å². The van der Waals surface area contributed by atoms with Gasteiger partial charge < -0.3 is 16.6 Å². The van der Waals surface area contributed by atoms with E-state index in [0.29, 0.717) is 17.3 Å². The molecule has 0 atom stereocenters. The van der Waals surface area contributed by atoms with Crippen LogP contribution in [0.25, 0.3) is 10.9 Å². The van der Waals surface area contributed by atoms with Crippen LogP contribution in [-0.4, -0.2) is 21.6 Å². The topological polar surface area (TPSA) is 111 Å². The fraction of sp³-hybridized carbons (Fsp3) is 0.167. The molecule has 2 aromatic rings. The van der Waals surface area contributed by atoms with Gasteiger partial charge in [-0.05, 0) is 30.2 Å². The number of hydrogen-bond acceptors (Lipinski definition) is 3. The fourth-order valence-electron chi connectivity index (χ4n) is 1.93. The van der Waals surface area contributed by atoms with Gasteiger partial charge in [-0.3, -0.25) is 9.36 Å². The van der Waals surface area contributed by atoms with Crippen LogP contribution in [0.4, 0.5) is 4.79 Å². The first kappa shape index (κ1) is 12.0. The highest BCUT2D eigenvalue weighted by molar-refractivity contribution is 5.94. The predicted octanol–water partition coefficient (Wildman–Crippen LogP) is 0.692. The van der Waals surface area contributed by atoms with Crippen molar-refractivity contribution >= 4 is 22.8 Å². The van der Waals surface area contributed by atoms with Gasteiger partial charge in [-0.15, -0.1) is 0 Å². The highest BCUT2D eigenvalue weighted by atomic mass is 16.3. The summed E-state index contributed by atoms with van der Waals surface area (Å²) < 4.78 is 1.28. The SMILES string of the molecule is NC(=O)CCc1cn(C(N)=O)c2ccc(O)cc12. The number of primary amides is 2. The number of rotatable bonds is 3. The van der Waals surface area contributed by atoms with Crippen molar-refractivity contribution in [1.82, 2.24) is 4.57 Å². The molecule has 0 radical (unpaired) electrons. The number of amides is 2. The molecule has 2 amide bonds. The van der Waals surface area contributed by atoms with Crippen molar-refractivity contribution in [3.8, 4) is 5.75 Å². The van der Waals surface area contributed by atoms with Crippen LogP contribution in [0.3, 0.4) is 0 Å².